The van der Waals surface area contributed by atoms with Gasteiger partial charge in [-0.25, -0.2) is 0 Å². The molecule has 0 radical (unpaired) electrons. The van der Waals surface area contributed by atoms with Crippen LogP contribution >= 0.6 is 109 Å². The van der Waals surface area contributed by atoms with Crippen molar-refractivity contribution in [2.45, 2.75) is 68.6 Å². The standard InChI is InChI=1S/C24H17Br.C18H17Br.2C18H13I.C17H15Br.C16H11Br/c25-24-13-11-20(12-14-24)23-16-21(18-7-3-1-4-8-18)15-22(17-23)19-9-5-2-6-10-19;19-13-8-9-15-14-6-2-3-7-16(14)18(17(15)12-13)10-4-1-5-11-18;19-18-12-16(14-7-3-1-4-8-14)11-17(13-18)15-9-5-2-6-10-15;19-18-11-9-15(10-12-18)17-8-4-7-16(13-17)14-5-2-1-3-6-14;18-12-7-8-14-13-5-1-2-6-15(13)17(16(14)11-12)9-3-4-10-17;17-14-10-8-13(9-11-14)16-7-3-5-12-4-1-2-6-15(12)16/h1-17H;2-3,6-9,12H,1,4-5,10-11H2;2*1-13H;1-2,5-8,11H,3-4,9-10H2;1-11H. The second-order valence-electron chi connectivity index (χ2n) is 30.4. The van der Waals surface area contributed by atoms with E-state index in [0.717, 1.165) is 8.95 Å². The van der Waals surface area contributed by atoms with Crippen molar-refractivity contribution in [3.63, 3.8) is 0 Å². The van der Waals surface area contributed by atoms with Gasteiger partial charge in [0, 0.05) is 35.9 Å². The van der Waals surface area contributed by atoms with Crippen LogP contribution in [0, 0.1) is 7.14 Å². The lowest BCUT2D eigenvalue weighted by atomic mass is 9.68. The molecule has 2 saturated carbocycles. The fourth-order valence-corrected chi connectivity index (χ4v) is 19.8. The number of benzene rings is 17. The van der Waals surface area contributed by atoms with Gasteiger partial charge in [-0.05, 0) is 318 Å². The number of hydrogen-bond acceptors (Lipinski definition) is 0. The maximum absolute atomic E-state index is 3.66. The summed E-state index contributed by atoms with van der Waals surface area (Å²) in [6, 6.07) is 147. The molecule has 21 rings (SSSR count). The van der Waals surface area contributed by atoms with Crippen molar-refractivity contribution >= 4 is 120 Å². The first kappa shape index (κ1) is 81.1. The minimum atomic E-state index is 0.300. The lowest BCUT2D eigenvalue weighted by molar-refractivity contribution is 0.352. The van der Waals surface area contributed by atoms with Crippen molar-refractivity contribution in [2.75, 3.05) is 0 Å². The molecule has 17 aromatic carbocycles. The molecule has 0 nitrogen and oxygen atoms in total. The van der Waals surface area contributed by atoms with Crippen LogP contribution in [0.1, 0.15) is 80.0 Å². The first-order valence-electron chi connectivity index (χ1n) is 40.3. The smallest absolute Gasteiger partial charge is 0.0215 e. The molecular formula is C111H86Br4I2. The Morgan fingerprint density at radius 2 is 0.462 bits per heavy atom. The molecule has 0 bridgehead atoms. The molecule has 0 atom stereocenters. The molecule has 4 aliphatic carbocycles. The van der Waals surface area contributed by atoms with Crippen molar-refractivity contribution in [1.29, 1.82) is 0 Å². The quantitative estimate of drug-likeness (QED) is 0.133. The molecule has 0 unspecified atom stereocenters. The van der Waals surface area contributed by atoms with Gasteiger partial charge in [-0.15, -0.1) is 0 Å². The minimum Gasteiger partial charge on any atom is -0.0622 e. The Kier molecular flexibility index (Phi) is 26.6. The van der Waals surface area contributed by atoms with Crippen molar-refractivity contribution < 1.29 is 0 Å². The summed E-state index contributed by atoms with van der Waals surface area (Å²) in [5.41, 5.74) is 32.7. The maximum atomic E-state index is 3.66. The van der Waals surface area contributed by atoms with Gasteiger partial charge < -0.3 is 0 Å². The number of hydrogen-bond donors (Lipinski definition) is 0. The van der Waals surface area contributed by atoms with Crippen LogP contribution in [0.2, 0.25) is 0 Å². The topological polar surface area (TPSA) is 0 Å². The Morgan fingerprint density at radius 1 is 0.179 bits per heavy atom. The number of rotatable bonds is 8. The lowest BCUT2D eigenvalue weighted by Crippen LogP contribution is -2.27. The Bertz CT molecular complexity index is 6080. The van der Waals surface area contributed by atoms with Gasteiger partial charge in [0.25, 0.3) is 0 Å². The third-order valence-electron chi connectivity index (χ3n) is 23.2. The van der Waals surface area contributed by atoms with Gasteiger partial charge in [0.1, 0.15) is 0 Å². The van der Waals surface area contributed by atoms with E-state index in [1.165, 1.54) is 196 Å². The summed E-state index contributed by atoms with van der Waals surface area (Å²) >= 11 is 19.0. The van der Waals surface area contributed by atoms with Crippen LogP contribution in [-0.2, 0) is 10.8 Å². The van der Waals surface area contributed by atoms with Crippen molar-refractivity contribution in [1.82, 2.24) is 0 Å². The molecule has 0 aliphatic heterocycles. The molecule has 17 aromatic rings. The lowest BCUT2D eigenvalue weighted by Gasteiger charge is -2.36. The van der Waals surface area contributed by atoms with E-state index in [-0.39, 0.29) is 0 Å². The molecule has 4 aliphatic rings. The molecule has 2 spiro atoms. The first-order valence-corrected chi connectivity index (χ1v) is 45.6. The monoisotopic (exact) mass is 1990 g/mol. The molecule has 2 fully saturated rings. The fourth-order valence-electron chi connectivity index (χ4n) is 17.5. The van der Waals surface area contributed by atoms with Crippen molar-refractivity contribution in [2.24, 2.45) is 0 Å². The molecule has 117 heavy (non-hydrogen) atoms. The summed E-state index contributed by atoms with van der Waals surface area (Å²) in [4.78, 5) is 0. The molecule has 6 heteroatoms. The summed E-state index contributed by atoms with van der Waals surface area (Å²) in [6.07, 6.45) is 12.1. The summed E-state index contributed by atoms with van der Waals surface area (Å²) in [6.45, 7) is 0. The van der Waals surface area contributed by atoms with E-state index in [0.29, 0.717) is 10.8 Å². The second kappa shape index (κ2) is 38.4. The van der Waals surface area contributed by atoms with Crippen LogP contribution in [0.5, 0.6) is 0 Å². The van der Waals surface area contributed by atoms with Gasteiger partial charge in [0.15, 0.2) is 0 Å². The zero-order valence-corrected chi connectivity index (χ0v) is 75.6. The van der Waals surface area contributed by atoms with Gasteiger partial charge in [-0.2, -0.15) is 0 Å². The van der Waals surface area contributed by atoms with Crippen LogP contribution in [0.15, 0.2) is 430 Å². The van der Waals surface area contributed by atoms with Gasteiger partial charge >= 0.3 is 0 Å². The maximum Gasteiger partial charge on any atom is 0.0215 e. The minimum absolute atomic E-state index is 0.300. The average molecular weight is 1990 g/mol. The average Bonchev–Trinajstić information content (AvgIpc) is 1.57. The van der Waals surface area contributed by atoms with Crippen molar-refractivity contribution in [3.8, 4) is 111 Å². The largest absolute Gasteiger partial charge is 0.0622 e. The zero-order valence-electron chi connectivity index (χ0n) is 64.9. The SMILES string of the molecule is Brc1ccc(-c2cc(-c3ccccc3)cc(-c3ccccc3)c2)cc1.Brc1ccc(-c2cccc3ccccc23)cc1.Brc1ccc2c(c1)C1(CCCC1)c1ccccc1-2.Brc1ccc2c(c1)C1(CCCCC1)c1ccccc1-2.Ic1cc(-c2ccccc2)cc(-c2ccccc2)c1.Ic1ccc(-c2cccc(-c3ccccc3)c2)cc1. The van der Waals surface area contributed by atoms with E-state index in [4.69, 9.17) is 0 Å². The zero-order chi connectivity index (χ0) is 79.9. The summed E-state index contributed by atoms with van der Waals surface area (Å²) in [5, 5.41) is 2.59. The van der Waals surface area contributed by atoms with Crippen molar-refractivity contribution in [3.05, 3.63) is 460 Å². The summed E-state index contributed by atoms with van der Waals surface area (Å²) in [5.74, 6) is 0. The third kappa shape index (κ3) is 19.1. The molecule has 0 aromatic heterocycles. The Morgan fingerprint density at radius 3 is 0.897 bits per heavy atom. The highest BCUT2D eigenvalue weighted by Crippen LogP contribution is 2.58. The highest BCUT2D eigenvalue weighted by molar-refractivity contribution is 14.1. The van der Waals surface area contributed by atoms with Crippen LogP contribution in [0.4, 0.5) is 0 Å². The summed E-state index contributed by atoms with van der Waals surface area (Å²) < 4.78 is 7.16. The van der Waals surface area contributed by atoms with Crippen LogP contribution in [0.25, 0.3) is 122 Å². The fraction of sp³-hybridized carbons (Fsp3) is 0.0991. The van der Waals surface area contributed by atoms with Gasteiger partial charge in [-0.1, -0.05) is 405 Å². The molecule has 572 valence electrons. The first-order chi connectivity index (χ1) is 57.4. The predicted octanol–water partition coefficient (Wildman–Crippen LogP) is 34.9. The van der Waals surface area contributed by atoms with Gasteiger partial charge in [0.05, 0.1) is 0 Å². The van der Waals surface area contributed by atoms with Gasteiger partial charge in [0.2, 0.25) is 0 Å². The third-order valence-corrected chi connectivity index (χ3v) is 26.5. The highest BCUT2D eigenvalue weighted by Gasteiger charge is 2.45. The van der Waals surface area contributed by atoms with Crippen LogP contribution in [-0.4, -0.2) is 0 Å². The van der Waals surface area contributed by atoms with Gasteiger partial charge in [-0.3, -0.25) is 0 Å². The van der Waals surface area contributed by atoms with Crippen LogP contribution < -0.4 is 0 Å². The number of fused-ring (bicyclic) bond motifs is 11. The Hall–Kier alpha value is -9.62. The highest BCUT2D eigenvalue weighted by atomic mass is 127. The van der Waals surface area contributed by atoms with Crippen LogP contribution in [0.3, 0.4) is 0 Å². The molecule has 0 amide bonds. The summed E-state index contributed by atoms with van der Waals surface area (Å²) in [7, 11) is 0. The Labute approximate surface area is 751 Å². The molecular weight excluding hydrogens is 1910 g/mol. The van der Waals surface area contributed by atoms with E-state index in [1.807, 2.05) is 6.07 Å². The normalized spacial score (nSPS) is 13.2. The van der Waals surface area contributed by atoms with E-state index in [1.54, 1.807) is 22.3 Å². The Balaban J connectivity index is 0.000000106. The van der Waals surface area contributed by atoms with E-state index in [2.05, 4.69) is 515 Å². The predicted molar refractivity (Wildman–Crippen MR) is 530 cm³/mol. The van der Waals surface area contributed by atoms with E-state index >= 15 is 0 Å². The molecule has 0 N–H and O–H groups in total. The van der Waals surface area contributed by atoms with E-state index < -0.39 is 0 Å². The number of halogens is 6. The second-order valence-corrected chi connectivity index (χ2v) is 36.5. The molecule has 0 heterocycles. The van der Waals surface area contributed by atoms with E-state index in [9.17, 15) is 0 Å². The molecule has 0 saturated heterocycles.